The number of aliphatic hydroxyl groups excluding tert-OH is 1. The van der Waals surface area contributed by atoms with Crippen molar-refractivity contribution < 1.29 is 14.8 Å². The van der Waals surface area contributed by atoms with E-state index in [2.05, 4.69) is 10.6 Å². The molecule has 122 valence electrons. The van der Waals surface area contributed by atoms with E-state index < -0.39 is 17.1 Å². The Morgan fingerprint density at radius 2 is 2.14 bits per heavy atom. The topological polar surface area (TPSA) is 104 Å². The molecule has 0 saturated carbocycles. The third-order valence-corrected chi connectivity index (χ3v) is 3.30. The van der Waals surface area contributed by atoms with Gasteiger partial charge in [-0.2, -0.15) is 0 Å². The number of halogens is 1. The minimum Gasteiger partial charge on any atom is -0.393 e. The average molecular weight is 330 g/mol. The summed E-state index contributed by atoms with van der Waals surface area (Å²) in [6, 6.07) is 3.56. The Kier molecular flexibility index (Phi) is 6.13. The number of amides is 2. The number of hydrogen-bond donors (Lipinski definition) is 3. The Labute approximate surface area is 133 Å². The smallest absolute Gasteiger partial charge is 0.319 e. The zero-order valence-corrected chi connectivity index (χ0v) is 13.5. The van der Waals surface area contributed by atoms with Gasteiger partial charge < -0.3 is 15.7 Å². The SMILES string of the molecule is CC(O)CC(C)(C)CNC(=O)Nc1ccc(Cl)c([N+](=O)[O-])c1. The lowest BCUT2D eigenvalue weighted by Crippen LogP contribution is -2.38. The Morgan fingerprint density at radius 3 is 2.68 bits per heavy atom. The van der Waals surface area contributed by atoms with Crippen LogP contribution in [0.25, 0.3) is 0 Å². The van der Waals surface area contributed by atoms with Crippen molar-refractivity contribution in [1.29, 1.82) is 0 Å². The standard InChI is InChI=1S/C14H20ClN3O4/c1-9(19)7-14(2,3)8-16-13(20)17-10-4-5-11(15)12(6-10)18(21)22/h4-6,9,19H,7-8H2,1-3H3,(H2,16,17,20). The van der Waals surface area contributed by atoms with Crippen LogP contribution in [0.5, 0.6) is 0 Å². The minimum atomic E-state index is -0.614. The molecule has 0 saturated heterocycles. The zero-order valence-electron chi connectivity index (χ0n) is 12.7. The number of rotatable bonds is 6. The van der Waals surface area contributed by atoms with Crippen molar-refractivity contribution in [1.82, 2.24) is 5.32 Å². The van der Waals surface area contributed by atoms with Gasteiger partial charge in [0.05, 0.1) is 11.0 Å². The van der Waals surface area contributed by atoms with Crippen molar-refractivity contribution in [2.45, 2.75) is 33.3 Å². The lowest BCUT2D eigenvalue weighted by Gasteiger charge is -2.26. The van der Waals surface area contributed by atoms with Gasteiger partial charge in [-0.15, -0.1) is 0 Å². The first-order valence-electron chi connectivity index (χ1n) is 6.77. The highest BCUT2D eigenvalue weighted by Gasteiger charge is 2.21. The molecule has 0 heterocycles. The third-order valence-electron chi connectivity index (χ3n) is 2.98. The van der Waals surface area contributed by atoms with Crippen molar-refractivity contribution >= 4 is 29.0 Å². The zero-order chi connectivity index (χ0) is 16.9. The van der Waals surface area contributed by atoms with E-state index in [4.69, 9.17) is 11.6 Å². The summed E-state index contributed by atoms with van der Waals surface area (Å²) in [6.07, 6.45) is 0.0819. The van der Waals surface area contributed by atoms with Crippen molar-refractivity contribution in [3.63, 3.8) is 0 Å². The molecule has 1 atom stereocenters. The first kappa shape index (κ1) is 18.2. The van der Waals surface area contributed by atoms with Crippen LogP contribution in [0.15, 0.2) is 18.2 Å². The number of carbonyl (C=O) groups excluding carboxylic acids is 1. The molecule has 1 rings (SSSR count). The second-order valence-electron chi connectivity index (χ2n) is 5.95. The molecular formula is C14H20ClN3O4. The Bertz CT molecular complexity index is 561. The number of carbonyl (C=O) groups is 1. The molecule has 2 amide bonds. The van der Waals surface area contributed by atoms with Crippen LogP contribution in [-0.4, -0.2) is 28.7 Å². The van der Waals surface area contributed by atoms with Gasteiger partial charge in [0.15, 0.2) is 0 Å². The van der Waals surface area contributed by atoms with Crippen molar-refractivity contribution in [3.05, 3.63) is 33.3 Å². The maximum absolute atomic E-state index is 11.8. The predicted molar refractivity (Wildman–Crippen MR) is 85.2 cm³/mol. The number of benzene rings is 1. The van der Waals surface area contributed by atoms with Gasteiger partial charge in [-0.25, -0.2) is 4.79 Å². The molecule has 0 aliphatic heterocycles. The summed E-state index contributed by atoms with van der Waals surface area (Å²) in [5, 5.41) is 25.4. The first-order valence-corrected chi connectivity index (χ1v) is 7.15. The maximum atomic E-state index is 11.8. The van der Waals surface area contributed by atoms with Crippen LogP contribution < -0.4 is 10.6 Å². The van der Waals surface area contributed by atoms with E-state index in [1.807, 2.05) is 13.8 Å². The number of aliphatic hydroxyl groups is 1. The number of nitro groups is 1. The van der Waals surface area contributed by atoms with E-state index in [9.17, 15) is 20.0 Å². The Hall–Kier alpha value is -1.86. The summed E-state index contributed by atoms with van der Waals surface area (Å²) in [5.74, 6) is 0. The fourth-order valence-corrected chi connectivity index (χ4v) is 2.28. The average Bonchev–Trinajstić information content (AvgIpc) is 2.37. The summed E-state index contributed by atoms with van der Waals surface area (Å²) in [4.78, 5) is 22.0. The van der Waals surface area contributed by atoms with E-state index in [1.54, 1.807) is 6.92 Å². The normalized spacial score (nSPS) is 12.6. The van der Waals surface area contributed by atoms with Crippen LogP contribution in [0.4, 0.5) is 16.2 Å². The van der Waals surface area contributed by atoms with Gasteiger partial charge in [0, 0.05) is 18.3 Å². The lowest BCUT2D eigenvalue weighted by atomic mass is 9.87. The number of anilines is 1. The van der Waals surface area contributed by atoms with E-state index >= 15 is 0 Å². The van der Waals surface area contributed by atoms with Crippen LogP contribution in [0.2, 0.25) is 5.02 Å². The molecule has 0 radical (unpaired) electrons. The van der Waals surface area contributed by atoms with E-state index in [0.29, 0.717) is 13.0 Å². The molecule has 7 nitrogen and oxygen atoms in total. The summed E-state index contributed by atoms with van der Waals surface area (Å²) in [7, 11) is 0. The van der Waals surface area contributed by atoms with E-state index in [-0.39, 0.29) is 21.8 Å². The number of hydrogen-bond acceptors (Lipinski definition) is 4. The van der Waals surface area contributed by atoms with Crippen LogP contribution in [0.1, 0.15) is 27.2 Å². The van der Waals surface area contributed by atoms with Gasteiger partial charge in [0.1, 0.15) is 5.02 Å². The Balaban J connectivity index is 2.62. The van der Waals surface area contributed by atoms with Gasteiger partial charge >= 0.3 is 6.03 Å². The molecule has 0 aromatic heterocycles. The molecule has 1 unspecified atom stereocenters. The number of urea groups is 1. The van der Waals surface area contributed by atoms with Crippen LogP contribution in [0.3, 0.4) is 0 Å². The molecule has 1 aromatic carbocycles. The highest BCUT2D eigenvalue weighted by molar-refractivity contribution is 6.32. The lowest BCUT2D eigenvalue weighted by molar-refractivity contribution is -0.384. The largest absolute Gasteiger partial charge is 0.393 e. The predicted octanol–water partition coefficient (Wildman–Crippen LogP) is 3.17. The molecule has 0 fully saturated rings. The summed E-state index contributed by atoms with van der Waals surface area (Å²) < 4.78 is 0. The van der Waals surface area contributed by atoms with E-state index in [0.717, 1.165) is 0 Å². The van der Waals surface area contributed by atoms with Crippen LogP contribution >= 0.6 is 11.6 Å². The van der Waals surface area contributed by atoms with Gasteiger partial charge in [-0.3, -0.25) is 10.1 Å². The number of nitro benzene ring substituents is 1. The van der Waals surface area contributed by atoms with Crippen LogP contribution in [0, 0.1) is 15.5 Å². The van der Waals surface area contributed by atoms with Gasteiger partial charge in [0.2, 0.25) is 0 Å². The molecule has 22 heavy (non-hydrogen) atoms. The molecule has 8 heteroatoms. The fourth-order valence-electron chi connectivity index (χ4n) is 2.10. The van der Waals surface area contributed by atoms with Crippen molar-refractivity contribution in [2.24, 2.45) is 5.41 Å². The first-order chi connectivity index (χ1) is 10.1. The minimum absolute atomic E-state index is 0.00836. The molecule has 3 N–H and O–H groups in total. The molecule has 1 aromatic rings. The van der Waals surface area contributed by atoms with Crippen molar-refractivity contribution in [3.8, 4) is 0 Å². The summed E-state index contributed by atoms with van der Waals surface area (Å²) >= 11 is 5.70. The number of nitrogens with zero attached hydrogens (tertiary/aromatic N) is 1. The van der Waals surface area contributed by atoms with E-state index in [1.165, 1.54) is 18.2 Å². The maximum Gasteiger partial charge on any atom is 0.319 e. The number of nitrogens with one attached hydrogen (secondary N) is 2. The van der Waals surface area contributed by atoms with Gasteiger partial charge in [0.25, 0.3) is 5.69 Å². The molecule has 0 aliphatic carbocycles. The highest BCUT2D eigenvalue weighted by Crippen LogP contribution is 2.27. The molecule has 0 bridgehead atoms. The quantitative estimate of drug-likeness (QED) is 0.550. The molecular weight excluding hydrogens is 310 g/mol. The van der Waals surface area contributed by atoms with Crippen LogP contribution in [-0.2, 0) is 0 Å². The second kappa shape index (κ2) is 7.42. The Morgan fingerprint density at radius 1 is 1.50 bits per heavy atom. The molecule has 0 aliphatic rings. The molecule has 0 spiro atoms. The van der Waals surface area contributed by atoms with Gasteiger partial charge in [-0.1, -0.05) is 25.4 Å². The summed E-state index contributed by atoms with van der Waals surface area (Å²) in [6.45, 7) is 5.90. The van der Waals surface area contributed by atoms with Gasteiger partial charge in [-0.05, 0) is 30.9 Å². The van der Waals surface area contributed by atoms with Crippen molar-refractivity contribution in [2.75, 3.05) is 11.9 Å². The third kappa shape index (κ3) is 5.87. The highest BCUT2D eigenvalue weighted by atomic mass is 35.5. The second-order valence-corrected chi connectivity index (χ2v) is 6.36. The fraction of sp³-hybridized carbons (Fsp3) is 0.500. The summed E-state index contributed by atoms with van der Waals surface area (Å²) in [5.41, 5.74) is -0.256. The monoisotopic (exact) mass is 329 g/mol.